The van der Waals surface area contributed by atoms with Gasteiger partial charge in [0.1, 0.15) is 0 Å². The largest absolute Gasteiger partial charge is 0.0622 e. The maximum absolute atomic E-state index is 2.36. The summed E-state index contributed by atoms with van der Waals surface area (Å²) in [6.07, 6.45) is 1.06. The molecule has 0 saturated carbocycles. The smallest absolute Gasteiger partial charge is 0.000728 e. The van der Waals surface area contributed by atoms with Crippen LogP contribution in [-0.2, 0) is 6.42 Å². The Morgan fingerprint density at radius 2 is 1.38 bits per heavy atom. The van der Waals surface area contributed by atoms with Gasteiger partial charge in [-0.25, -0.2) is 0 Å². The van der Waals surface area contributed by atoms with Crippen molar-refractivity contribution in [3.63, 3.8) is 0 Å². The average Bonchev–Trinajstić information content (AvgIpc) is 2.97. The Morgan fingerprint density at radius 3 is 2.38 bits per heavy atom. The summed E-state index contributed by atoms with van der Waals surface area (Å²) in [5.41, 5.74) is 8.46. The van der Waals surface area contributed by atoms with Crippen molar-refractivity contribution < 1.29 is 0 Å². The lowest BCUT2D eigenvalue weighted by Gasteiger charge is -2.02. The molecule has 0 aromatic heterocycles. The highest BCUT2D eigenvalue weighted by molar-refractivity contribution is 6.07. The van der Waals surface area contributed by atoms with Crippen LogP contribution in [0.3, 0.4) is 0 Å². The van der Waals surface area contributed by atoms with E-state index in [1.807, 2.05) is 0 Å². The van der Waals surface area contributed by atoms with Gasteiger partial charge in [-0.2, -0.15) is 0 Å². The molecule has 2 aromatic rings. The second kappa shape index (κ2) is 3.95. The fourth-order valence-corrected chi connectivity index (χ4v) is 3.72. The molecule has 2 aromatic carbocycles. The molecule has 0 heterocycles. The Morgan fingerprint density at radius 1 is 0.571 bits per heavy atom. The van der Waals surface area contributed by atoms with Crippen LogP contribution in [0.4, 0.5) is 0 Å². The number of benzene rings is 2. The number of fused-ring (bicyclic) bond motifs is 7. The maximum atomic E-state index is 2.36. The SMILES string of the molecule is c1ccc2cc3c4c(ccc3c-2cc1)-c1ccccc1C4. The monoisotopic (exact) mass is 266 g/mol. The van der Waals surface area contributed by atoms with Gasteiger partial charge in [0, 0.05) is 0 Å². The van der Waals surface area contributed by atoms with Crippen LogP contribution in [0.25, 0.3) is 33.0 Å². The van der Waals surface area contributed by atoms with Gasteiger partial charge < -0.3 is 0 Å². The van der Waals surface area contributed by atoms with Gasteiger partial charge in [0.2, 0.25) is 0 Å². The molecule has 0 amide bonds. The maximum Gasteiger partial charge on any atom is -0.000728 e. The average molecular weight is 266 g/mol. The van der Waals surface area contributed by atoms with Gasteiger partial charge in [-0.1, -0.05) is 66.7 Å². The molecule has 0 N–H and O–H groups in total. The molecule has 0 bridgehead atoms. The third-order valence-electron chi connectivity index (χ3n) is 4.69. The van der Waals surface area contributed by atoms with Crippen LogP contribution in [0.5, 0.6) is 0 Å². The van der Waals surface area contributed by atoms with Crippen molar-refractivity contribution in [1.29, 1.82) is 0 Å². The van der Waals surface area contributed by atoms with E-state index < -0.39 is 0 Å². The van der Waals surface area contributed by atoms with E-state index in [4.69, 9.17) is 0 Å². The van der Waals surface area contributed by atoms with E-state index in [-0.39, 0.29) is 0 Å². The van der Waals surface area contributed by atoms with E-state index in [2.05, 4.69) is 72.8 Å². The lowest BCUT2D eigenvalue weighted by Crippen LogP contribution is -1.80. The quantitative estimate of drug-likeness (QED) is 0.346. The summed E-state index contributed by atoms with van der Waals surface area (Å²) in [5, 5.41) is 2.80. The lowest BCUT2D eigenvalue weighted by molar-refractivity contribution is 1.29. The summed E-state index contributed by atoms with van der Waals surface area (Å²) in [6.45, 7) is 0. The van der Waals surface area contributed by atoms with Crippen molar-refractivity contribution in [3.05, 3.63) is 83.9 Å². The molecule has 3 aliphatic carbocycles. The zero-order valence-corrected chi connectivity index (χ0v) is 11.6. The second-order valence-electron chi connectivity index (χ2n) is 5.81. The first kappa shape index (κ1) is 11.1. The summed E-state index contributed by atoms with van der Waals surface area (Å²) in [4.78, 5) is 0. The first-order chi connectivity index (χ1) is 10.4. The van der Waals surface area contributed by atoms with Crippen molar-refractivity contribution in [2.24, 2.45) is 0 Å². The summed E-state index contributed by atoms with van der Waals surface area (Å²) in [5.74, 6) is 0. The van der Waals surface area contributed by atoms with E-state index >= 15 is 0 Å². The van der Waals surface area contributed by atoms with Crippen LogP contribution >= 0.6 is 0 Å². The Kier molecular flexibility index (Phi) is 2.09. The van der Waals surface area contributed by atoms with Gasteiger partial charge in [-0.3, -0.25) is 0 Å². The Bertz CT molecular complexity index is 963. The van der Waals surface area contributed by atoms with E-state index in [0.717, 1.165) is 6.42 Å². The fraction of sp³-hybridized carbons (Fsp3) is 0.0476. The molecule has 0 heteroatoms. The van der Waals surface area contributed by atoms with Crippen LogP contribution < -0.4 is 0 Å². The predicted molar refractivity (Wildman–Crippen MR) is 88.8 cm³/mol. The molecular weight excluding hydrogens is 252 g/mol. The first-order valence-electron chi connectivity index (χ1n) is 7.43. The molecule has 3 aliphatic rings. The molecule has 0 atom stereocenters. The Labute approximate surface area is 124 Å². The fourth-order valence-electron chi connectivity index (χ4n) is 3.72. The minimum absolute atomic E-state index is 1.06. The summed E-state index contributed by atoms with van der Waals surface area (Å²) >= 11 is 0. The number of hydrogen-bond donors (Lipinski definition) is 0. The van der Waals surface area contributed by atoms with Crippen LogP contribution in [0.1, 0.15) is 11.1 Å². The molecule has 98 valence electrons. The Hall–Kier alpha value is -2.60. The topological polar surface area (TPSA) is 0 Å². The molecule has 0 fully saturated rings. The second-order valence-corrected chi connectivity index (χ2v) is 5.81. The highest BCUT2D eigenvalue weighted by Crippen LogP contribution is 2.44. The van der Waals surface area contributed by atoms with E-state index in [1.54, 1.807) is 0 Å². The molecule has 5 rings (SSSR count). The Balaban J connectivity index is 1.90. The van der Waals surface area contributed by atoms with Crippen molar-refractivity contribution in [2.45, 2.75) is 6.42 Å². The number of rotatable bonds is 0. The highest BCUT2D eigenvalue weighted by atomic mass is 14.3. The van der Waals surface area contributed by atoms with Gasteiger partial charge in [-0.05, 0) is 56.6 Å². The molecule has 0 nitrogen and oxygen atoms in total. The highest BCUT2D eigenvalue weighted by Gasteiger charge is 2.22. The van der Waals surface area contributed by atoms with Crippen molar-refractivity contribution in [3.8, 4) is 22.3 Å². The van der Waals surface area contributed by atoms with E-state index in [0.29, 0.717) is 0 Å². The third-order valence-corrected chi connectivity index (χ3v) is 4.69. The molecule has 0 radical (unpaired) electrons. The molecule has 0 aliphatic heterocycles. The molecule has 0 saturated heterocycles. The van der Waals surface area contributed by atoms with Gasteiger partial charge >= 0.3 is 0 Å². The molecule has 0 spiro atoms. The normalized spacial score (nSPS) is 12.6. The van der Waals surface area contributed by atoms with Gasteiger partial charge in [0.05, 0.1) is 0 Å². The van der Waals surface area contributed by atoms with Crippen LogP contribution in [0.15, 0.2) is 72.8 Å². The lowest BCUT2D eigenvalue weighted by atomic mass is 10.0. The van der Waals surface area contributed by atoms with E-state index in [1.165, 1.54) is 44.2 Å². The van der Waals surface area contributed by atoms with Gasteiger partial charge in [0.15, 0.2) is 0 Å². The molecule has 0 unspecified atom stereocenters. The van der Waals surface area contributed by atoms with Gasteiger partial charge in [0.25, 0.3) is 0 Å². The van der Waals surface area contributed by atoms with Crippen LogP contribution in [0, 0.1) is 0 Å². The summed E-state index contributed by atoms with van der Waals surface area (Å²) < 4.78 is 0. The van der Waals surface area contributed by atoms with Crippen molar-refractivity contribution in [1.82, 2.24) is 0 Å². The zero-order chi connectivity index (χ0) is 13.8. The molecular formula is C21H14. The zero-order valence-electron chi connectivity index (χ0n) is 11.6. The minimum atomic E-state index is 1.06. The minimum Gasteiger partial charge on any atom is -0.0622 e. The summed E-state index contributed by atoms with van der Waals surface area (Å²) in [7, 11) is 0. The van der Waals surface area contributed by atoms with Crippen LogP contribution in [-0.4, -0.2) is 0 Å². The van der Waals surface area contributed by atoms with Crippen LogP contribution in [0.2, 0.25) is 0 Å². The predicted octanol–water partition coefficient (Wildman–Crippen LogP) is 5.52. The van der Waals surface area contributed by atoms with Gasteiger partial charge in [-0.15, -0.1) is 0 Å². The summed E-state index contributed by atoms with van der Waals surface area (Å²) in [6, 6.07) is 26.5. The van der Waals surface area contributed by atoms with Crippen molar-refractivity contribution in [2.75, 3.05) is 0 Å². The number of hydrogen-bond acceptors (Lipinski definition) is 0. The standard InChI is InChI=1S/C21H14/c1-2-6-14-12-20-18(16(14)8-3-1)10-11-19-17-9-5-4-7-15(17)13-21(19)20/h1-12H,13H2. The van der Waals surface area contributed by atoms with E-state index in [9.17, 15) is 0 Å². The van der Waals surface area contributed by atoms with Crippen molar-refractivity contribution >= 4 is 10.8 Å². The molecule has 21 heavy (non-hydrogen) atoms. The first-order valence-corrected chi connectivity index (χ1v) is 7.43. The third kappa shape index (κ3) is 1.45.